The van der Waals surface area contributed by atoms with Gasteiger partial charge in [0.15, 0.2) is 6.33 Å². The number of benzene rings is 1. The Morgan fingerprint density at radius 2 is 1.85 bits per heavy atom. The van der Waals surface area contributed by atoms with Crippen LogP contribution in [0.1, 0.15) is 5.56 Å². The summed E-state index contributed by atoms with van der Waals surface area (Å²) in [6.45, 7) is 3.43. The van der Waals surface area contributed by atoms with Gasteiger partial charge in [0.2, 0.25) is 0 Å². The number of piperazine rings is 1. The molecule has 1 radical (unpaired) electrons. The number of likely N-dealkylation sites (N-methyl/N-ethyl adjacent to an activating group) is 1. The molecule has 1 aromatic heterocycles. The highest BCUT2D eigenvalue weighted by Gasteiger charge is 2.31. The molecule has 0 spiro atoms. The molecule has 0 unspecified atom stereocenters. The van der Waals surface area contributed by atoms with Crippen LogP contribution >= 0.6 is 0 Å². The largest absolute Gasteiger partial charge is 0.416 e. The molecule has 1 fully saturated rings. The topological polar surface area (TPSA) is 24.3 Å². The lowest BCUT2D eigenvalue weighted by Gasteiger charge is -2.34. The Bertz CT molecular complexity index is 612. The molecule has 0 aliphatic carbocycles. The number of hydrogen-bond donors (Lipinski definition) is 0. The predicted octanol–water partition coefficient (Wildman–Crippen LogP) is 1.74. The zero-order valence-electron chi connectivity index (χ0n) is 11.0. The van der Waals surface area contributed by atoms with E-state index in [1.165, 1.54) is 6.07 Å². The van der Waals surface area contributed by atoms with E-state index in [4.69, 9.17) is 0 Å². The molecule has 2 aromatic rings. The Morgan fingerprint density at radius 3 is 2.50 bits per heavy atom. The number of halogens is 3. The van der Waals surface area contributed by atoms with Crippen LogP contribution in [0.4, 0.5) is 13.2 Å². The molecular formula is C13H14F3N4. The van der Waals surface area contributed by atoms with Crippen molar-refractivity contribution in [3.05, 3.63) is 30.1 Å². The van der Waals surface area contributed by atoms with Crippen molar-refractivity contribution in [1.29, 1.82) is 0 Å². The SMILES string of the molecule is CN1CCN(n2[c]nc3cc(C(F)(F)F)ccc32)CC1. The molecule has 0 amide bonds. The van der Waals surface area contributed by atoms with Crippen LogP contribution in [0.3, 0.4) is 0 Å². The van der Waals surface area contributed by atoms with Crippen molar-refractivity contribution in [2.45, 2.75) is 6.18 Å². The molecule has 4 nitrogen and oxygen atoms in total. The zero-order valence-corrected chi connectivity index (χ0v) is 11.0. The second-order valence-corrected chi connectivity index (χ2v) is 4.98. The van der Waals surface area contributed by atoms with Gasteiger partial charge in [-0.25, -0.2) is 9.66 Å². The van der Waals surface area contributed by atoms with Crippen molar-refractivity contribution >= 4 is 11.0 Å². The first-order valence-electron chi connectivity index (χ1n) is 6.36. The van der Waals surface area contributed by atoms with Gasteiger partial charge in [-0.05, 0) is 25.2 Å². The fraction of sp³-hybridized carbons (Fsp3) is 0.462. The van der Waals surface area contributed by atoms with Crippen molar-refractivity contribution in [2.75, 3.05) is 38.2 Å². The minimum absolute atomic E-state index is 0.318. The van der Waals surface area contributed by atoms with Crippen LogP contribution < -0.4 is 5.01 Å². The standard InChI is InChI=1S/C13H14F3N4/c1-18-4-6-19(7-5-18)20-9-17-11-8-10(13(14,15)16)2-3-12(11)20/h2-3,8H,4-7H2,1H3. The minimum Gasteiger partial charge on any atom is -0.308 e. The third kappa shape index (κ3) is 2.33. The summed E-state index contributed by atoms with van der Waals surface area (Å²) in [4.78, 5) is 6.18. The molecule has 0 atom stereocenters. The van der Waals surface area contributed by atoms with Crippen LogP contribution in [-0.2, 0) is 6.18 Å². The van der Waals surface area contributed by atoms with Gasteiger partial charge in [-0.15, -0.1) is 0 Å². The highest BCUT2D eigenvalue weighted by Crippen LogP contribution is 2.31. The van der Waals surface area contributed by atoms with Crippen LogP contribution in [0.2, 0.25) is 0 Å². The number of hydrogen-bond acceptors (Lipinski definition) is 3. The molecular weight excluding hydrogens is 269 g/mol. The molecule has 1 aliphatic heterocycles. The number of fused-ring (bicyclic) bond motifs is 1. The molecule has 107 valence electrons. The normalized spacial score (nSPS) is 17.9. The summed E-state index contributed by atoms with van der Waals surface area (Å²) in [5.41, 5.74) is 0.295. The summed E-state index contributed by atoms with van der Waals surface area (Å²) in [6.07, 6.45) is -1.56. The second kappa shape index (κ2) is 4.66. The van der Waals surface area contributed by atoms with E-state index in [2.05, 4.69) is 16.2 Å². The molecule has 1 aromatic carbocycles. The highest BCUT2D eigenvalue weighted by atomic mass is 19.4. The lowest BCUT2D eigenvalue weighted by Crippen LogP contribution is -2.49. The predicted molar refractivity (Wildman–Crippen MR) is 69.0 cm³/mol. The molecule has 7 heteroatoms. The minimum atomic E-state index is -4.34. The summed E-state index contributed by atoms with van der Waals surface area (Å²) in [7, 11) is 2.04. The molecule has 0 N–H and O–H groups in total. The van der Waals surface area contributed by atoms with Crippen molar-refractivity contribution < 1.29 is 13.2 Å². The molecule has 0 saturated carbocycles. The van der Waals surface area contributed by atoms with Crippen LogP contribution in [0.25, 0.3) is 11.0 Å². The molecule has 1 saturated heterocycles. The van der Waals surface area contributed by atoms with Gasteiger partial charge in [-0.3, -0.25) is 0 Å². The maximum absolute atomic E-state index is 12.7. The van der Waals surface area contributed by atoms with Crippen LogP contribution in [0.15, 0.2) is 18.2 Å². The number of aromatic nitrogens is 2. The quantitative estimate of drug-likeness (QED) is 0.797. The van der Waals surface area contributed by atoms with Crippen molar-refractivity contribution in [2.24, 2.45) is 0 Å². The Kier molecular flexibility index (Phi) is 3.08. The average molecular weight is 283 g/mol. The Morgan fingerprint density at radius 1 is 1.15 bits per heavy atom. The zero-order chi connectivity index (χ0) is 14.3. The lowest BCUT2D eigenvalue weighted by molar-refractivity contribution is -0.137. The van der Waals surface area contributed by atoms with E-state index in [1.54, 1.807) is 4.68 Å². The maximum atomic E-state index is 12.7. The van der Waals surface area contributed by atoms with Crippen molar-refractivity contribution in [1.82, 2.24) is 14.6 Å². The van der Waals surface area contributed by atoms with E-state index in [1.807, 2.05) is 12.1 Å². The molecule has 2 heterocycles. The fourth-order valence-electron chi connectivity index (χ4n) is 2.34. The van der Waals surface area contributed by atoms with Crippen LogP contribution in [0, 0.1) is 6.33 Å². The Labute approximate surface area is 114 Å². The van der Waals surface area contributed by atoms with Gasteiger partial charge in [0.25, 0.3) is 0 Å². The van der Waals surface area contributed by atoms with Crippen molar-refractivity contribution in [3.63, 3.8) is 0 Å². The maximum Gasteiger partial charge on any atom is 0.416 e. The lowest BCUT2D eigenvalue weighted by atomic mass is 10.2. The summed E-state index contributed by atoms with van der Waals surface area (Å²) >= 11 is 0. The first kappa shape index (κ1) is 13.2. The monoisotopic (exact) mass is 283 g/mol. The number of imidazole rings is 1. The van der Waals surface area contributed by atoms with Gasteiger partial charge in [0, 0.05) is 26.2 Å². The first-order chi connectivity index (χ1) is 9.45. The third-order valence-corrected chi connectivity index (χ3v) is 3.56. The molecule has 0 bridgehead atoms. The summed E-state index contributed by atoms with van der Waals surface area (Å²) in [5, 5.41) is 2.04. The second-order valence-electron chi connectivity index (χ2n) is 4.98. The summed E-state index contributed by atoms with van der Waals surface area (Å²) in [6, 6.07) is 3.61. The Balaban J connectivity index is 1.94. The van der Waals surface area contributed by atoms with Crippen LogP contribution in [-0.4, -0.2) is 47.8 Å². The van der Waals surface area contributed by atoms with Gasteiger partial charge in [-0.2, -0.15) is 13.2 Å². The molecule has 3 rings (SSSR count). The third-order valence-electron chi connectivity index (χ3n) is 3.56. The summed E-state index contributed by atoms with van der Waals surface area (Å²) < 4.78 is 39.7. The highest BCUT2D eigenvalue weighted by molar-refractivity contribution is 5.76. The number of rotatable bonds is 1. The van der Waals surface area contributed by atoms with E-state index in [0.717, 1.165) is 38.3 Å². The van der Waals surface area contributed by atoms with Gasteiger partial charge < -0.3 is 9.91 Å². The number of nitrogens with zero attached hydrogens (tertiary/aromatic N) is 4. The molecule has 1 aliphatic rings. The Hall–Kier alpha value is -1.76. The van der Waals surface area contributed by atoms with Gasteiger partial charge in [0.1, 0.15) is 0 Å². The van der Waals surface area contributed by atoms with Crippen molar-refractivity contribution in [3.8, 4) is 0 Å². The van der Waals surface area contributed by atoms with E-state index >= 15 is 0 Å². The van der Waals surface area contributed by atoms with E-state index in [0.29, 0.717) is 11.0 Å². The van der Waals surface area contributed by atoms with E-state index in [9.17, 15) is 13.2 Å². The first-order valence-corrected chi connectivity index (χ1v) is 6.36. The van der Waals surface area contributed by atoms with Gasteiger partial charge in [0.05, 0.1) is 16.6 Å². The van der Waals surface area contributed by atoms with E-state index < -0.39 is 11.7 Å². The van der Waals surface area contributed by atoms with Gasteiger partial charge in [-0.1, -0.05) is 0 Å². The number of alkyl halides is 3. The van der Waals surface area contributed by atoms with Gasteiger partial charge >= 0.3 is 6.18 Å². The van der Waals surface area contributed by atoms with Crippen LogP contribution in [0.5, 0.6) is 0 Å². The smallest absolute Gasteiger partial charge is 0.308 e. The fourth-order valence-corrected chi connectivity index (χ4v) is 2.34. The molecule has 20 heavy (non-hydrogen) atoms. The summed E-state index contributed by atoms with van der Waals surface area (Å²) in [5.74, 6) is 0. The van der Waals surface area contributed by atoms with E-state index in [-0.39, 0.29) is 0 Å². The average Bonchev–Trinajstić information content (AvgIpc) is 2.81.